The van der Waals surface area contributed by atoms with Crippen molar-refractivity contribution in [3.8, 4) is 0 Å². The Hall–Kier alpha value is -3.65. The number of rotatable bonds is 4. The zero-order valence-electron chi connectivity index (χ0n) is 16.7. The lowest BCUT2D eigenvalue weighted by Gasteiger charge is -2.23. The summed E-state index contributed by atoms with van der Waals surface area (Å²) in [5.41, 5.74) is 5.43. The Morgan fingerprint density at radius 3 is 2.65 bits per heavy atom. The Bertz CT molecular complexity index is 1330. The molecule has 4 amide bonds. The highest BCUT2D eigenvalue weighted by Crippen LogP contribution is 2.32. The average Bonchev–Trinajstić information content (AvgIpc) is 2.93. The number of amides is 4. The molecule has 4 rings (SSSR count). The van der Waals surface area contributed by atoms with Crippen molar-refractivity contribution < 1.29 is 18.8 Å². The zero-order chi connectivity index (χ0) is 22.5. The first kappa shape index (κ1) is 20.6. The highest BCUT2D eigenvalue weighted by Gasteiger charge is 2.49. The summed E-state index contributed by atoms with van der Waals surface area (Å²) in [6.45, 7) is 3.17. The van der Waals surface area contributed by atoms with E-state index < -0.39 is 29.0 Å². The topological polar surface area (TPSA) is 123 Å². The number of halogens is 1. The second kappa shape index (κ2) is 7.24. The number of benzene rings is 2. The third-order valence-electron chi connectivity index (χ3n) is 5.44. The van der Waals surface area contributed by atoms with E-state index in [2.05, 4.69) is 5.32 Å². The summed E-state index contributed by atoms with van der Waals surface area (Å²) in [5.74, 6) is -1.17. The second-order valence-corrected chi connectivity index (χ2v) is 7.99. The van der Waals surface area contributed by atoms with Crippen molar-refractivity contribution in [1.82, 2.24) is 10.2 Å². The quantitative estimate of drug-likeness (QED) is 0.478. The van der Waals surface area contributed by atoms with Crippen LogP contribution in [0.1, 0.15) is 34.0 Å². The summed E-state index contributed by atoms with van der Waals surface area (Å²) in [6, 6.07) is 10.1. The standard InChI is InChI=1S/C22H18ClN3O5/c1-11-6-17-15(9-16(11)23)13(8-18(27)31-17)10-26-20(29)22(2,25-21(26)30)14-5-3-4-12(7-14)19(24)28/h3-9H,10H2,1-2H3,(H2,24,28)(H,25,30). The van der Waals surface area contributed by atoms with Gasteiger partial charge in [0.05, 0.1) is 6.54 Å². The van der Waals surface area contributed by atoms with Crippen LogP contribution >= 0.6 is 11.6 Å². The van der Waals surface area contributed by atoms with Crippen molar-refractivity contribution in [2.75, 3.05) is 0 Å². The normalized spacial score (nSPS) is 18.5. The molecular formula is C22H18ClN3O5. The molecule has 1 aromatic heterocycles. The number of urea groups is 1. The molecule has 2 aromatic carbocycles. The minimum absolute atomic E-state index is 0.155. The van der Waals surface area contributed by atoms with Gasteiger partial charge in [-0.05, 0) is 54.8 Å². The molecule has 0 spiro atoms. The van der Waals surface area contributed by atoms with Gasteiger partial charge in [-0.3, -0.25) is 14.5 Å². The lowest BCUT2D eigenvalue weighted by molar-refractivity contribution is -0.131. The number of primary amides is 1. The van der Waals surface area contributed by atoms with Gasteiger partial charge in [-0.25, -0.2) is 9.59 Å². The van der Waals surface area contributed by atoms with E-state index in [-0.39, 0.29) is 12.1 Å². The number of carbonyl (C=O) groups excluding carboxylic acids is 3. The van der Waals surface area contributed by atoms with Crippen LogP contribution in [-0.2, 0) is 16.9 Å². The van der Waals surface area contributed by atoms with Crippen LogP contribution in [0.3, 0.4) is 0 Å². The highest BCUT2D eigenvalue weighted by molar-refractivity contribution is 6.32. The van der Waals surface area contributed by atoms with Crippen LogP contribution < -0.4 is 16.7 Å². The summed E-state index contributed by atoms with van der Waals surface area (Å²) in [7, 11) is 0. The van der Waals surface area contributed by atoms with Gasteiger partial charge in [0.15, 0.2) is 0 Å². The van der Waals surface area contributed by atoms with Crippen molar-refractivity contribution >= 4 is 40.4 Å². The predicted octanol–water partition coefficient (Wildman–Crippen LogP) is 2.82. The fourth-order valence-corrected chi connectivity index (χ4v) is 3.83. The number of nitrogens with one attached hydrogen (secondary N) is 1. The fourth-order valence-electron chi connectivity index (χ4n) is 3.67. The molecule has 0 bridgehead atoms. The molecule has 9 heteroatoms. The first-order valence-corrected chi connectivity index (χ1v) is 9.75. The Morgan fingerprint density at radius 2 is 1.94 bits per heavy atom. The molecule has 1 aliphatic rings. The minimum Gasteiger partial charge on any atom is -0.423 e. The number of carbonyl (C=O) groups is 3. The molecule has 158 valence electrons. The molecule has 2 heterocycles. The Morgan fingerprint density at radius 1 is 1.19 bits per heavy atom. The monoisotopic (exact) mass is 439 g/mol. The Labute approximate surface area is 181 Å². The lowest BCUT2D eigenvalue weighted by atomic mass is 9.90. The molecule has 8 nitrogen and oxygen atoms in total. The van der Waals surface area contributed by atoms with E-state index in [1.165, 1.54) is 18.2 Å². The number of imide groups is 1. The van der Waals surface area contributed by atoms with Crippen LogP contribution in [0.4, 0.5) is 4.79 Å². The first-order valence-electron chi connectivity index (χ1n) is 9.37. The third-order valence-corrected chi connectivity index (χ3v) is 5.84. The van der Waals surface area contributed by atoms with Gasteiger partial charge in [0, 0.05) is 22.0 Å². The van der Waals surface area contributed by atoms with Gasteiger partial charge in [0.2, 0.25) is 5.91 Å². The summed E-state index contributed by atoms with van der Waals surface area (Å²) in [6.07, 6.45) is 0. The van der Waals surface area contributed by atoms with Gasteiger partial charge in [0.25, 0.3) is 5.91 Å². The smallest absolute Gasteiger partial charge is 0.336 e. The van der Waals surface area contributed by atoms with Crippen molar-refractivity contribution in [3.05, 3.63) is 80.2 Å². The third kappa shape index (κ3) is 3.44. The average molecular weight is 440 g/mol. The van der Waals surface area contributed by atoms with Gasteiger partial charge >= 0.3 is 11.7 Å². The molecule has 1 saturated heterocycles. The molecule has 1 atom stereocenters. The molecule has 1 unspecified atom stereocenters. The van der Waals surface area contributed by atoms with Crippen molar-refractivity contribution in [2.24, 2.45) is 5.73 Å². The lowest BCUT2D eigenvalue weighted by Crippen LogP contribution is -2.41. The SMILES string of the molecule is Cc1cc2oc(=O)cc(CN3C(=O)NC(C)(c4cccc(C(N)=O)c4)C3=O)c2cc1Cl. The van der Waals surface area contributed by atoms with Gasteiger partial charge in [-0.15, -0.1) is 0 Å². The largest absolute Gasteiger partial charge is 0.423 e. The van der Waals surface area contributed by atoms with E-state index >= 15 is 0 Å². The molecule has 0 radical (unpaired) electrons. The maximum Gasteiger partial charge on any atom is 0.336 e. The Kier molecular flexibility index (Phi) is 4.82. The highest BCUT2D eigenvalue weighted by atomic mass is 35.5. The van der Waals surface area contributed by atoms with Crippen LogP contribution in [0.25, 0.3) is 11.0 Å². The van der Waals surface area contributed by atoms with Gasteiger partial charge < -0.3 is 15.5 Å². The van der Waals surface area contributed by atoms with E-state index in [1.54, 1.807) is 38.1 Å². The zero-order valence-corrected chi connectivity index (χ0v) is 17.4. The molecule has 1 aliphatic heterocycles. The summed E-state index contributed by atoms with van der Waals surface area (Å²) < 4.78 is 5.24. The molecular weight excluding hydrogens is 422 g/mol. The Balaban J connectivity index is 1.74. The number of fused-ring (bicyclic) bond motifs is 1. The fraction of sp³-hybridized carbons (Fsp3) is 0.182. The molecule has 3 N–H and O–H groups in total. The van der Waals surface area contributed by atoms with E-state index in [4.69, 9.17) is 21.8 Å². The number of hydrogen-bond acceptors (Lipinski definition) is 5. The van der Waals surface area contributed by atoms with Crippen LogP contribution in [0.2, 0.25) is 5.02 Å². The molecule has 1 fully saturated rings. The molecule has 31 heavy (non-hydrogen) atoms. The summed E-state index contributed by atoms with van der Waals surface area (Å²) in [4.78, 5) is 50.6. The number of nitrogens with two attached hydrogens (primary N) is 1. The number of nitrogens with zero attached hydrogens (tertiary/aromatic N) is 1. The van der Waals surface area contributed by atoms with E-state index in [1.807, 2.05) is 0 Å². The van der Waals surface area contributed by atoms with Crippen LogP contribution in [0.15, 0.2) is 51.7 Å². The maximum atomic E-state index is 13.3. The molecule has 0 saturated carbocycles. The van der Waals surface area contributed by atoms with E-state index in [9.17, 15) is 19.2 Å². The van der Waals surface area contributed by atoms with Gasteiger partial charge in [-0.1, -0.05) is 23.7 Å². The van der Waals surface area contributed by atoms with Crippen molar-refractivity contribution in [2.45, 2.75) is 25.9 Å². The van der Waals surface area contributed by atoms with Crippen LogP contribution in [0.5, 0.6) is 0 Å². The van der Waals surface area contributed by atoms with E-state index in [0.29, 0.717) is 27.1 Å². The molecule has 3 aromatic rings. The predicted molar refractivity (Wildman–Crippen MR) is 114 cm³/mol. The minimum atomic E-state index is -1.40. The van der Waals surface area contributed by atoms with Crippen molar-refractivity contribution in [1.29, 1.82) is 0 Å². The maximum absolute atomic E-state index is 13.3. The van der Waals surface area contributed by atoms with Gasteiger partial charge in [0.1, 0.15) is 11.1 Å². The summed E-state index contributed by atoms with van der Waals surface area (Å²) >= 11 is 6.22. The molecule has 0 aliphatic carbocycles. The van der Waals surface area contributed by atoms with Crippen LogP contribution in [-0.4, -0.2) is 22.7 Å². The number of hydrogen-bond donors (Lipinski definition) is 2. The van der Waals surface area contributed by atoms with Crippen molar-refractivity contribution in [3.63, 3.8) is 0 Å². The number of aryl methyl sites for hydroxylation is 1. The van der Waals surface area contributed by atoms with E-state index in [0.717, 1.165) is 10.5 Å². The first-order chi connectivity index (χ1) is 14.6. The van der Waals surface area contributed by atoms with Crippen LogP contribution in [0, 0.1) is 6.92 Å². The second-order valence-electron chi connectivity index (χ2n) is 7.58. The van der Waals surface area contributed by atoms with Gasteiger partial charge in [-0.2, -0.15) is 0 Å². The summed E-state index contributed by atoms with van der Waals surface area (Å²) in [5, 5.41) is 3.67.